The molecule has 2 N–H and O–H groups in total. The zero-order valence-electron chi connectivity index (χ0n) is 14.4. The Bertz CT molecular complexity index is 998. The number of anilines is 1. The number of hydrogen-bond acceptors (Lipinski definition) is 2. The highest BCUT2D eigenvalue weighted by molar-refractivity contribution is 6.09. The second kappa shape index (κ2) is 7.87. The van der Waals surface area contributed by atoms with Crippen LogP contribution in [0.15, 0.2) is 42.6 Å². The molecule has 0 saturated heterocycles. The number of benzene rings is 2. The van der Waals surface area contributed by atoms with Gasteiger partial charge in [0.2, 0.25) is 0 Å². The molecule has 3 aromatic rings. The molecule has 1 heterocycles. The van der Waals surface area contributed by atoms with Gasteiger partial charge in [-0.2, -0.15) is 13.2 Å². The molecule has 1 amide bonds. The lowest BCUT2D eigenvalue weighted by Crippen LogP contribution is -2.12. The Kier molecular flexibility index (Phi) is 5.53. The van der Waals surface area contributed by atoms with E-state index in [9.17, 15) is 26.7 Å². The number of amides is 1. The van der Waals surface area contributed by atoms with E-state index in [0.717, 1.165) is 6.07 Å². The Hall–Kier alpha value is -3.10. The number of carbonyl (C=O) groups excluding carboxylic acids is 1. The zero-order chi connectivity index (χ0) is 20.3. The minimum absolute atomic E-state index is 0.0223. The fourth-order valence-electron chi connectivity index (χ4n) is 2.60. The van der Waals surface area contributed by atoms with Gasteiger partial charge in [-0.1, -0.05) is 0 Å². The fraction of sp³-hybridized carbons (Fsp3) is 0.211. The maximum atomic E-state index is 14.1. The highest BCUT2D eigenvalue weighted by Gasteiger charge is 2.26. The van der Waals surface area contributed by atoms with Crippen LogP contribution in [0.3, 0.4) is 0 Å². The molecule has 148 valence electrons. The van der Waals surface area contributed by atoms with Gasteiger partial charge in [0.1, 0.15) is 5.82 Å². The number of carbonyl (C=O) groups is 1. The van der Waals surface area contributed by atoms with Gasteiger partial charge in [0.05, 0.1) is 12.3 Å². The second-order valence-corrected chi connectivity index (χ2v) is 6.06. The van der Waals surface area contributed by atoms with Crippen LogP contribution in [-0.2, 0) is 0 Å². The number of hydrogen-bond donors (Lipinski definition) is 2. The lowest BCUT2D eigenvalue weighted by molar-refractivity contribution is -0.136. The molecule has 28 heavy (non-hydrogen) atoms. The van der Waals surface area contributed by atoms with E-state index in [4.69, 9.17) is 4.74 Å². The van der Waals surface area contributed by atoms with Crippen LogP contribution in [0.4, 0.5) is 27.6 Å². The van der Waals surface area contributed by atoms with Crippen molar-refractivity contribution in [1.29, 1.82) is 0 Å². The molecule has 0 aliphatic heterocycles. The summed E-state index contributed by atoms with van der Waals surface area (Å²) in [7, 11) is 0. The summed E-state index contributed by atoms with van der Waals surface area (Å²) in [5, 5.41) is 3.01. The fourth-order valence-corrected chi connectivity index (χ4v) is 2.60. The topological polar surface area (TPSA) is 54.1 Å². The SMILES string of the molecule is O=C(Nc1c[nH]c2ccc(F)cc12)c1ccc(OCCCC(F)(F)F)c(F)c1. The lowest BCUT2D eigenvalue weighted by Gasteiger charge is -2.10. The molecule has 2 aromatic carbocycles. The number of ether oxygens (including phenoxy) is 1. The number of aromatic nitrogens is 1. The van der Waals surface area contributed by atoms with Crippen LogP contribution in [0.2, 0.25) is 0 Å². The normalized spacial score (nSPS) is 11.6. The van der Waals surface area contributed by atoms with Gasteiger partial charge in [0.15, 0.2) is 11.6 Å². The van der Waals surface area contributed by atoms with Crippen LogP contribution in [-0.4, -0.2) is 23.7 Å². The number of rotatable bonds is 6. The number of H-pyrrole nitrogens is 1. The van der Waals surface area contributed by atoms with Crippen molar-refractivity contribution in [3.05, 3.63) is 59.8 Å². The summed E-state index contributed by atoms with van der Waals surface area (Å²) in [6.07, 6.45) is -4.14. The van der Waals surface area contributed by atoms with E-state index in [1.165, 1.54) is 36.5 Å². The van der Waals surface area contributed by atoms with Crippen LogP contribution >= 0.6 is 0 Å². The summed E-state index contributed by atoms with van der Waals surface area (Å²) in [5.74, 6) is -2.22. The summed E-state index contributed by atoms with van der Waals surface area (Å²) in [6.45, 7) is -0.303. The van der Waals surface area contributed by atoms with E-state index in [2.05, 4.69) is 10.3 Å². The van der Waals surface area contributed by atoms with Crippen molar-refractivity contribution in [2.45, 2.75) is 19.0 Å². The van der Waals surface area contributed by atoms with Crippen molar-refractivity contribution in [3.63, 3.8) is 0 Å². The molecule has 0 aliphatic rings. The average molecular weight is 398 g/mol. The maximum Gasteiger partial charge on any atom is 0.389 e. The minimum atomic E-state index is -4.30. The van der Waals surface area contributed by atoms with E-state index in [1.807, 2.05) is 0 Å². The Labute approximate surface area is 156 Å². The third-order valence-electron chi connectivity index (χ3n) is 3.95. The molecule has 9 heteroatoms. The van der Waals surface area contributed by atoms with Gasteiger partial charge in [-0.3, -0.25) is 4.79 Å². The first kappa shape index (κ1) is 19.7. The highest BCUT2D eigenvalue weighted by atomic mass is 19.4. The molecule has 0 spiro atoms. The predicted octanol–water partition coefficient (Wildman–Crippen LogP) is 5.42. The van der Waals surface area contributed by atoms with Crippen LogP contribution in [0.1, 0.15) is 23.2 Å². The number of nitrogens with one attached hydrogen (secondary N) is 2. The molecular formula is C19H15F5N2O2. The molecule has 0 radical (unpaired) electrons. The highest BCUT2D eigenvalue weighted by Crippen LogP contribution is 2.26. The first-order chi connectivity index (χ1) is 13.2. The average Bonchev–Trinajstić information content (AvgIpc) is 3.01. The molecule has 0 atom stereocenters. The van der Waals surface area contributed by atoms with Crippen LogP contribution in [0.5, 0.6) is 5.75 Å². The van der Waals surface area contributed by atoms with Gasteiger partial charge in [0, 0.05) is 29.1 Å². The van der Waals surface area contributed by atoms with Crippen molar-refractivity contribution in [2.75, 3.05) is 11.9 Å². The smallest absolute Gasteiger partial charge is 0.389 e. The van der Waals surface area contributed by atoms with Crippen molar-refractivity contribution < 1.29 is 31.5 Å². The number of aromatic amines is 1. The lowest BCUT2D eigenvalue weighted by atomic mass is 10.2. The van der Waals surface area contributed by atoms with Crippen LogP contribution < -0.4 is 10.1 Å². The molecule has 0 bridgehead atoms. The van der Waals surface area contributed by atoms with E-state index in [-0.39, 0.29) is 24.3 Å². The molecule has 4 nitrogen and oxygen atoms in total. The van der Waals surface area contributed by atoms with Gasteiger partial charge >= 0.3 is 6.18 Å². The molecule has 0 unspecified atom stereocenters. The molecule has 0 fully saturated rings. The maximum absolute atomic E-state index is 14.1. The quantitative estimate of drug-likeness (QED) is 0.430. The number of alkyl halides is 3. The Morgan fingerprint density at radius 3 is 2.61 bits per heavy atom. The Morgan fingerprint density at radius 1 is 1.11 bits per heavy atom. The van der Waals surface area contributed by atoms with Crippen molar-refractivity contribution in [2.24, 2.45) is 0 Å². The largest absolute Gasteiger partial charge is 0.491 e. The standard InChI is InChI=1S/C19H15F5N2O2/c20-12-3-4-15-13(9-12)16(10-25-15)26-18(27)11-2-5-17(14(21)8-11)28-7-1-6-19(22,23)24/h2-5,8-10,25H,1,6-7H2,(H,26,27). The zero-order valence-corrected chi connectivity index (χ0v) is 14.4. The van der Waals surface area contributed by atoms with Crippen molar-refractivity contribution in [3.8, 4) is 5.75 Å². The van der Waals surface area contributed by atoms with E-state index in [1.54, 1.807) is 0 Å². The van der Waals surface area contributed by atoms with Crippen molar-refractivity contribution >= 4 is 22.5 Å². The third kappa shape index (κ3) is 4.79. The molecular weight excluding hydrogens is 383 g/mol. The van der Waals surface area contributed by atoms with Gasteiger partial charge in [-0.05, 0) is 42.8 Å². The van der Waals surface area contributed by atoms with Gasteiger partial charge in [0.25, 0.3) is 5.91 Å². The van der Waals surface area contributed by atoms with Gasteiger partial charge in [-0.15, -0.1) is 0 Å². The summed E-state index contributed by atoms with van der Waals surface area (Å²) in [5.41, 5.74) is 0.920. The van der Waals surface area contributed by atoms with E-state index in [0.29, 0.717) is 16.6 Å². The third-order valence-corrected chi connectivity index (χ3v) is 3.95. The van der Waals surface area contributed by atoms with Gasteiger partial charge in [-0.25, -0.2) is 8.78 Å². The molecule has 0 aliphatic carbocycles. The van der Waals surface area contributed by atoms with Gasteiger partial charge < -0.3 is 15.0 Å². The molecule has 0 saturated carbocycles. The summed E-state index contributed by atoms with van der Waals surface area (Å²) < 4.78 is 68.7. The first-order valence-corrected chi connectivity index (χ1v) is 8.30. The Balaban J connectivity index is 1.65. The summed E-state index contributed by atoms with van der Waals surface area (Å²) >= 11 is 0. The number of fused-ring (bicyclic) bond motifs is 1. The first-order valence-electron chi connectivity index (χ1n) is 8.30. The number of halogens is 5. The molecule has 1 aromatic heterocycles. The second-order valence-electron chi connectivity index (χ2n) is 6.06. The Morgan fingerprint density at radius 2 is 1.89 bits per heavy atom. The monoisotopic (exact) mass is 398 g/mol. The van der Waals surface area contributed by atoms with E-state index >= 15 is 0 Å². The summed E-state index contributed by atoms with van der Waals surface area (Å²) in [4.78, 5) is 15.2. The van der Waals surface area contributed by atoms with Crippen LogP contribution in [0.25, 0.3) is 10.9 Å². The van der Waals surface area contributed by atoms with E-state index < -0.39 is 30.1 Å². The predicted molar refractivity (Wildman–Crippen MR) is 93.4 cm³/mol. The minimum Gasteiger partial charge on any atom is -0.491 e. The molecule has 3 rings (SSSR count). The van der Waals surface area contributed by atoms with Crippen LogP contribution in [0, 0.1) is 11.6 Å². The summed E-state index contributed by atoms with van der Waals surface area (Å²) in [6, 6.07) is 7.42. The van der Waals surface area contributed by atoms with Crippen molar-refractivity contribution in [1.82, 2.24) is 4.98 Å².